The summed E-state index contributed by atoms with van der Waals surface area (Å²) in [6.07, 6.45) is 9.51. The summed E-state index contributed by atoms with van der Waals surface area (Å²) in [6, 6.07) is 0. The molecule has 0 aromatic carbocycles. The Balaban J connectivity index is 0.000000362. The summed E-state index contributed by atoms with van der Waals surface area (Å²) < 4.78 is 35.7. The van der Waals surface area contributed by atoms with Gasteiger partial charge in [-0.2, -0.15) is 0 Å². The molecule has 0 aromatic rings. The van der Waals surface area contributed by atoms with Crippen LogP contribution in [0.2, 0.25) is 0 Å². The van der Waals surface area contributed by atoms with Crippen molar-refractivity contribution in [2.24, 2.45) is 35.5 Å². The number of carbonyl (C=O) groups is 6. The van der Waals surface area contributed by atoms with E-state index in [1.54, 1.807) is 0 Å². The van der Waals surface area contributed by atoms with E-state index in [1.165, 1.54) is 36.5 Å². The zero-order valence-corrected chi connectivity index (χ0v) is 27.0. The highest BCUT2D eigenvalue weighted by atomic mass is 16.6. The molecule has 2 saturated carbocycles. The van der Waals surface area contributed by atoms with E-state index in [0.29, 0.717) is 12.8 Å². The molecule has 0 amide bonds. The van der Waals surface area contributed by atoms with Crippen LogP contribution in [0.1, 0.15) is 19.3 Å². The van der Waals surface area contributed by atoms with Crippen molar-refractivity contribution in [3.05, 3.63) is 75.9 Å². The van der Waals surface area contributed by atoms with Crippen LogP contribution in [0, 0.1) is 35.5 Å². The maximum Gasteiger partial charge on any atom is 0.311 e. The Morgan fingerprint density at radius 1 is 0.417 bits per heavy atom. The van der Waals surface area contributed by atoms with Crippen LogP contribution in [0.3, 0.4) is 0 Å². The Morgan fingerprint density at radius 3 is 0.938 bits per heavy atom. The molecule has 3 aliphatic rings. The molecule has 1 aliphatic heterocycles. The minimum Gasteiger partial charge on any atom is -0.461 e. The molecule has 0 bridgehead atoms. The summed E-state index contributed by atoms with van der Waals surface area (Å²) >= 11 is 0. The quantitative estimate of drug-likeness (QED) is 0.0902. The van der Waals surface area contributed by atoms with Gasteiger partial charge in [0.25, 0.3) is 0 Å². The topological polar surface area (TPSA) is 170 Å². The molecule has 48 heavy (non-hydrogen) atoms. The smallest absolute Gasteiger partial charge is 0.311 e. The molecular formula is C35H44O13. The van der Waals surface area contributed by atoms with Gasteiger partial charge in [-0.3, -0.25) is 28.8 Å². The lowest BCUT2D eigenvalue weighted by Gasteiger charge is -2.25. The molecule has 8 atom stereocenters. The van der Waals surface area contributed by atoms with Gasteiger partial charge in [0.1, 0.15) is 39.6 Å². The number of epoxide rings is 1. The van der Waals surface area contributed by atoms with Crippen molar-refractivity contribution in [1.29, 1.82) is 0 Å². The first-order valence-corrected chi connectivity index (χ1v) is 15.4. The SMILES string of the molecule is C=CCOC(=O)C1CC(C(=O)OCC=C)C(C(=O)OCC=C)C1C(=O)OCC=C.C=CCOC(=O)C1CC2OC2CC1C(=O)OCC=C. The first-order valence-electron chi connectivity index (χ1n) is 15.4. The van der Waals surface area contributed by atoms with Crippen molar-refractivity contribution >= 4 is 35.8 Å². The van der Waals surface area contributed by atoms with Crippen molar-refractivity contribution in [3.63, 3.8) is 0 Å². The summed E-state index contributed by atoms with van der Waals surface area (Å²) in [7, 11) is 0. The van der Waals surface area contributed by atoms with Crippen molar-refractivity contribution < 1.29 is 61.9 Å². The summed E-state index contributed by atoms with van der Waals surface area (Å²) in [5, 5.41) is 0. The summed E-state index contributed by atoms with van der Waals surface area (Å²) in [5.41, 5.74) is 0. The second-order valence-corrected chi connectivity index (χ2v) is 10.9. The number of ether oxygens (including phenoxy) is 7. The fraction of sp³-hybridized carbons (Fsp3) is 0.486. The van der Waals surface area contributed by atoms with E-state index in [-0.39, 0.29) is 70.2 Å². The van der Waals surface area contributed by atoms with Crippen LogP contribution in [0.5, 0.6) is 0 Å². The standard InChI is InChI=1S/C21H26O8.C14H18O5/c1-5-9-26-18(22)14-13-15(19(23)27-10-6-2)17(21(25)29-12-8-4)16(14)20(24)28-11-7-3;1-3-5-17-13(15)9-7-11-12(19-11)8-10(9)14(16)18-6-4-2/h5-8,14-17H,1-4,9-13H2;3-4,9-12H,1-2,5-8H2. The molecule has 262 valence electrons. The van der Waals surface area contributed by atoms with Gasteiger partial charge >= 0.3 is 35.8 Å². The lowest BCUT2D eigenvalue weighted by Crippen LogP contribution is -2.38. The maximum atomic E-state index is 12.7. The second kappa shape index (κ2) is 20.5. The van der Waals surface area contributed by atoms with Gasteiger partial charge in [-0.25, -0.2) is 0 Å². The van der Waals surface area contributed by atoms with Crippen molar-refractivity contribution in [1.82, 2.24) is 0 Å². The normalized spacial score (nSPS) is 26.2. The molecule has 13 heteroatoms. The minimum atomic E-state index is -1.27. The highest BCUT2D eigenvalue weighted by molar-refractivity contribution is 5.93. The number of fused-ring (bicyclic) bond motifs is 1. The van der Waals surface area contributed by atoms with Gasteiger partial charge in [0, 0.05) is 0 Å². The molecule has 13 nitrogen and oxygen atoms in total. The molecule has 3 rings (SSSR count). The van der Waals surface area contributed by atoms with Gasteiger partial charge in [0.05, 0.1) is 47.7 Å². The van der Waals surface area contributed by atoms with E-state index in [4.69, 9.17) is 33.2 Å². The Morgan fingerprint density at radius 2 is 0.667 bits per heavy atom. The van der Waals surface area contributed by atoms with Gasteiger partial charge in [-0.15, -0.1) is 0 Å². The third-order valence-corrected chi connectivity index (χ3v) is 7.72. The average molecular weight is 673 g/mol. The van der Waals surface area contributed by atoms with E-state index in [0.717, 1.165) is 0 Å². The molecule has 1 saturated heterocycles. The van der Waals surface area contributed by atoms with E-state index >= 15 is 0 Å². The summed E-state index contributed by atoms with van der Waals surface area (Å²) in [5.74, 6) is -9.60. The van der Waals surface area contributed by atoms with Crippen LogP contribution in [0.15, 0.2) is 75.9 Å². The van der Waals surface area contributed by atoms with E-state index in [1.807, 2.05) is 0 Å². The van der Waals surface area contributed by atoms with Crippen LogP contribution < -0.4 is 0 Å². The summed E-state index contributed by atoms with van der Waals surface area (Å²) in [4.78, 5) is 74.3. The predicted octanol–water partition coefficient (Wildman–Crippen LogP) is 3.01. The molecule has 0 radical (unpaired) electrons. The van der Waals surface area contributed by atoms with E-state index < -0.39 is 59.4 Å². The number of rotatable bonds is 18. The van der Waals surface area contributed by atoms with Gasteiger partial charge in [-0.05, 0) is 19.3 Å². The van der Waals surface area contributed by atoms with E-state index in [9.17, 15) is 28.8 Å². The third-order valence-electron chi connectivity index (χ3n) is 7.72. The number of hydrogen-bond acceptors (Lipinski definition) is 13. The van der Waals surface area contributed by atoms with Crippen LogP contribution in [-0.4, -0.2) is 87.7 Å². The maximum absolute atomic E-state index is 12.7. The van der Waals surface area contributed by atoms with Crippen LogP contribution in [0.25, 0.3) is 0 Å². The second-order valence-electron chi connectivity index (χ2n) is 10.9. The monoisotopic (exact) mass is 672 g/mol. The summed E-state index contributed by atoms with van der Waals surface area (Å²) in [6.45, 7) is 20.7. The Kier molecular flexibility index (Phi) is 16.8. The van der Waals surface area contributed by atoms with Crippen molar-refractivity contribution in [2.45, 2.75) is 31.5 Å². The molecule has 0 N–H and O–H groups in total. The predicted molar refractivity (Wildman–Crippen MR) is 170 cm³/mol. The van der Waals surface area contributed by atoms with E-state index in [2.05, 4.69) is 39.5 Å². The first-order chi connectivity index (χ1) is 23.1. The van der Waals surface area contributed by atoms with Gasteiger partial charge in [0.15, 0.2) is 0 Å². The van der Waals surface area contributed by atoms with Gasteiger partial charge < -0.3 is 33.2 Å². The highest BCUT2D eigenvalue weighted by Crippen LogP contribution is 2.45. The molecule has 2 aliphatic carbocycles. The van der Waals surface area contributed by atoms with Crippen molar-refractivity contribution in [3.8, 4) is 0 Å². The minimum absolute atomic E-state index is 0.0824. The zero-order valence-electron chi connectivity index (χ0n) is 27.0. The highest BCUT2D eigenvalue weighted by Gasteiger charge is 2.58. The molecule has 1 heterocycles. The fourth-order valence-electron chi connectivity index (χ4n) is 5.59. The van der Waals surface area contributed by atoms with Crippen LogP contribution in [0.4, 0.5) is 0 Å². The zero-order chi connectivity index (χ0) is 35.6. The Hall–Kier alpha value is -4.78. The Bertz CT molecular complexity index is 1140. The Labute approximate surface area is 280 Å². The molecule has 3 fully saturated rings. The first kappa shape index (κ1) is 39.4. The molecule has 0 spiro atoms. The number of esters is 6. The van der Waals surface area contributed by atoms with Crippen LogP contribution in [-0.2, 0) is 61.9 Å². The van der Waals surface area contributed by atoms with Gasteiger partial charge in [-0.1, -0.05) is 75.9 Å². The van der Waals surface area contributed by atoms with Crippen molar-refractivity contribution in [2.75, 3.05) is 39.6 Å². The van der Waals surface area contributed by atoms with Gasteiger partial charge in [0.2, 0.25) is 0 Å². The average Bonchev–Trinajstić information content (AvgIpc) is 3.75. The number of hydrogen-bond donors (Lipinski definition) is 0. The lowest BCUT2D eigenvalue weighted by atomic mass is 9.79. The molecule has 0 aromatic heterocycles. The third kappa shape index (κ3) is 11.2. The largest absolute Gasteiger partial charge is 0.461 e. The molecular weight excluding hydrogens is 628 g/mol. The molecule has 8 unspecified atom stereocenters. The lowest BCUT2D eigenvalue weighted by molar-refractivity contribution is -0.167. The van der Waals surface area contributed by atoms with Crippen LogP contribution >= 0.6 is 0 Å². The fourth-order valence-corrected chi connectivity index (χ4v) is 5.59. The number of carbonyl (C=O) groups excluding carboxylic acids is 6.